The minimum atomic E-state index is -0.637. The van der Waals surface area contributed by atoms with Gasteiger partial charge in [0.1, 0.15) is 0 Å². The Morgan fingerprint density at radius 2 is 1.56 bits per heavy atom. The Bertz CT molecular complexity index is 391. The molecule has 0 saturated heterocycles. The highest BCUT2D eigenvalue weighted by molar-refractivity contribution is 5.84. The minimum Gasteiger partial charge on any atom is -0.336 e. The highest BCUT2D eigenvalue weighted by Crippen LogP contribution is 2.15. The van der Waals surface area contributed by atoms with Gasteiger partial charge in [0.25, 0.3) is 5.91 Å². The van der Waals surface area contributed by atoms with Gasteiger partial charge in [-0.05, 0) is 38.5 Å². The average Bonchev–Trinajstić information content (AvgIpc) is 2.63. The van der Waals surface area contributed by atoms with Crippen LogP contribution in [0.1, 0.15) is 90.9 Å². The second-order valence-corrected chi connectivity index (χ2v) is 6.51. The maximum Gasteiger partial charge on any atom is 0.355 e. The number of allylic oxidation sites excluding steroid dienone is 2. The van der Waals surface area contributed by atoms with Crippen LogP contribution in [0.5, 0.6) is 0 Å². The Labute approximate surface area is 154 Å². The number of hydrogen-bond acceptors (Lipinski definition) is 3. The number of amides is 1. The summed E-state index contributed by atoms with van der Waals surface area (Å²) in [7, 11) is 0. The summed E-state index contributed by atoms with van der Waals surface area (Å²) >= 11 is 0. The number of carbonyl (C=O) groups excluding carboxylic acids is 2. The van der Waals surface area contributed by atoms with Crippen LogP contribution in [-0.4, -0.2) is 11.9 Å². The Morgan fingerprint density at radius 1 is 0.960 bits per heavy atom. The topological polar surface area (TPSA) is 55.4 Å². The van der Waals surface area contributed by atoms with Gasteiger partial charge >= 0.3 is 5.97 Å². The predicted molar refractivity (Wildman–Crippen MR) is 104 cm³/mol. The molecule has 0 aromatic heterocycles. The molecule has 0 bridgehead atoms. The molecule has 0 aromatic rings. The van der Waals surface area contributed by atoms with Crippen LogP contribution in [-0.2, 0) is 14.4 Å². The highest BCUT2D eigenvalue weighted by Gasteiger charge is 2.16. The van der Waals surface area contributed by atoms with E-state index >= 15 is 0 Å². The summed E-state index contributed by atoms with van der Waals surface area (Å²) < 4.78 is 0. The first kappa shape index (κ1) is 23.4. The predicted octanol–water partition coefficient (Wildman–Crippen LogP) is 5.64. The second kappa shape index (κ2) is 17.2. The molecule has 0 aliphatic carbocycles. The lowest BCUT2D eigenvalue weighted by Crippen LogP contribution is -2.32. The number of nitrogens with one attached hydrogen (secondary N) is 1. The Balaban J connectivity index is 3.60. The lowest BCUT2D eigenvalue weighted by Gasteiger charge is -2.13. The molecule has 0 fully saturated rings. The Kier molecular flexibility index (Phi) is 16.2. The largest absolute Gasteiger partial charge is 0.355 e. The lowest BCUT2D eigenvalue weighted by atomic mass is 9.97. The van der Waals surface area contributed by atoms with Gasteiger partial charge in [0.05, 0.1) is 0 Å². The Hall–Kier alpha value is -1.58. The van der Waals surface area contributed by atoms with Gasteiger partial charge in [-0.2, -0.15) is 5.48 Å². The van der Waals surface area contributed by atoms with Crippen LogP contribution in [0, 0.1) is 5.92 Å². The van der Waals surface area contributed by atoms with E-state index in [1.165, 1.54) is 44.9 Å². The average molecular weight is 352 g/mol. The first-order valence-corrected chi connectivity index (χ1v) is 9.93. The summed E-state index contributed by atoms with van der Waals surface area (Å²) in [5, 5.41) is 0. The van der Waals surface area contributed by atoms with E-state index < -0.39 is 5.97 Å². The van der Waals surface area contributed by atoms with Crippen LogP contribution >= 0.6 is 0 Å². The van der Waals surface area contributed by atoms with Crippen molar-refractivity contribution in [2.45, 2.75) is 90.9 Å². The smallest absolute Gasteiger partial charge is 0.336 e. The quantitative estimate of drug-likeness (QED) is 0.180. The van der Waals surface area contributed by atoms with Gasteiger partial charge in [0, 0.05) is 12.0 Å². The van der Waals surface area contributed by atoms with E-state index in [2.05, 4.69) is 36.0 Å². The summed E-state index contributed by atoms with van der Waals surface area (Å²) in [5.41, 5.74) is 2.21. The molecule has 0 spiro atoms. The zero-order valence-electron chi connectivity index (χ0n) is 16.2. The van der Waals surface area contributed by atoms with Crippen LogP contribution in [0.15, 0.2) is 24.8 Å². The van der Waals surface area contributed by atoms with E-state index in [9.17, 15) is 9.59 Å². The van der Waals surface area contributed by atoms with Crippen molar-refractivity contribution in [1.29, 1.82) is 0 Å². The minimum absolute atomic E-state index is 0.0966. The maximum absolute atomic E-state index is 11.9. The van der Waals surface area contributed by atoms with Crippen molar-refractivity contribution < 1.29 is 14.4 Å². The van der Waals surface area contributed by atoms with Gasteiger partial charge in [-0.15, -0.1) is 0 Å². The molecule has 0 aliphatic rings. The SMILES string of the molecule is C=CC(=O)ONC(=O)C(CC)CCCCCC/C=C\CCCCCC. The van der Waals surface area contributed by atoms with Crippen LogP contribution in [0.2, 0.25) is 0 Å². The molecular formula is C21H37NO3. The molecular weight excluding hydrogens is 314 g/mol. The maximum atomic E-state index is 11.9. The number of hydroxylamine groups is 1. The number of carbonyl (C=O) groups is 2. The van der Waals surface area contributed by atoms with Gasteiger partial charge in [-0.1, -0.05) is 71.1 Å². The van der Waals surface area contributed by atoms with E-state index in [1.807, 2.05) is 6.92 Å². The van der Waals surface area contributed by atoms with E-state index in [1.54, 1.807) is 0 Å². The summed E-state index contributed by atoms with van der Waals surface area (Å²) in [6.45, 7) is 7.50. The zero-order valence-corrected chi connectivity index (χ0v) is 16.2. The van der Waals surface area contributed by atoms with Crippen LogP contribution < -0.4 is 5.48 Å². The van der Waals surface area contributed by atoms with E-state index in [4.69, 9.17) is 0 Å². The van der Waals surface area contributed by atoms with E-state index in [0.717, 1.165) is 38.2 Å². The van der Waals surface area contributed by atoms with Crippen molar-refractivity contribution >= 4 is 11.9 Å². The summed E-state index contributed by atoms with van der Waals surface area (Å²) in [4.78, 5) is 27.4. The summed E-state index contributed by atoms with van der Waals surface area (Å²) in [5.74, 6) is -0.953. The molecule has 0 saturated carbocycles. The monoisotopic (exact) mass is 351 g/mol. The fourth-order valence-electron chi connectivity index (χ4n) is 2.68. The standard InChI is InChI=1S/C21H37NO3/c1-4-7-8-9-10-11-12-13-14-15-16-17-18-19(5-2)21(24)22-25-20(23)6-3/h6,11-12,19H,3-5,7-10,13-18H2,1-2H3,(H,22,24)/b12-11-. The van der Waals surface area contributed by atoms with Crippen LogP contribution in [0.25, 0.3) is 0 Å². The van der Waals surface area contributed by atoms with Gasteiger partial charge in [0.15, 0.2) is 0 Å². The third-order valence-corrected chi connectivity index (χ3v) is 4.35. The van der Waals surface area contributed by atoms with Crippen LogP contribution in [0.3, 0.4) is 0 Å². The molecule has 0 aromatic carbocycles. The van der Waals surface area contributed by atoms with E-state index in [-0.39, 0.29) is 11.8 Å². The molecule has 1 N–H and O–H groups in total. The molecule has 0 aliphatic heterocycles. The van der Waals surface area contributed by atoms with Crippen molar-refractivity contribution in [3.8, 4) is 0 Å². The van der Waals surface area contributed by atoms with E-state index in [0.29, 0.717) is 0 Å². The van der Waals surface area contributed by atoms with Crippen molar-refractivity contribution in [2.24, 2.45) is 5.92 Å². The molecule has 144 valence electrons. The molecule has 1 amide bonds. The second-order valence-electron chi connectivity index (χ2n) is 6.51. The molecule has 4 nitrogen and oxygen atoms in total. The van der Waals surface area contributed by atoms with Crippen molar-refractivity contribution in [2.75, 3.05) is 0 Å². The number of rotatable bonds is 15. The number of hydrogen-bond donors (Lipinski definition) is 1. The summed E-state index contributed by atoms with van der Waals surface area (Å²) in [6.07, 6.45) is 19.5. The molecule has 0 heterocycles. The molecule has 1 atom stereocenters. The zero-order chi connectivity index (χ0) is 18.8. The molecule has 0 rings (SSSR count). The fourth-order valence-corrected chi connectivity index (χ4v) is 2.68. The van der Waals surface area contributed by atoms with Crippen molar-refractivity contribution in [3.05, 3.63) is 24.8 Å². The first-order valence-electron chi connectivity index (χ1n) is 9.93. The van der Waals surface area contributed by atoms with Crippen LogP contribution in [0.4, 0.5) is 0 Å². The third kappa shape index (κ3) is 14.5. The molecule has 0 radical (unpaired) electrons. The normalized spacial score (nSPS) is 12.1. The Morgan fingerprint density at radius 3 is 2.12 bits per heavy atom. The lowest BCUT2D eigenvalue weighted by molar-refractivity contribution is -0.155. The molecule has 1 unspecified atom stereocenters. The molecule has 4 heteroatoms. The van der Waals surface area contributed by atoms with Gasteiger partial charge in [0.2, 0.25) is 0 Å². The van der Waals surface area contributed by atoms with Crippen molar-refractivity contribution in [1.82, 2.24) is 5.48 Å². The fraction of sp³-hybridized carbons (Fsp3) is 0.714. The molecule has 25 heavy (non-hydrogen) atoms. The number of unbranched alkanes of at least 4 members (excludes halogenated alkanes) is 8. The van der Waals surface area contributed by atoms with Gasteiger partial charge in [-0.3, -0.25) is 4.79 Å². The van der Waals surface area contributed by atoms with Gasteiger partial charge < -0.3 is 4.84 Å². The van der Waals surface area contributed by atoms with Crippen molar-refractivity contribution in [3.63, 3.8) is 0 Å². The third-order valence-electron chi connectivity index (χ3n) is 4.35. The van der Waals surface area contributed by atoms with Gasteiger partial charge in [-0.25, -0.2) is 4.79 Å². The summed E-state index contributed by atoms with van der Waals surface area (Å²) in [6, 6.07) is 0. The first-order chi connectivity index (χ1) is 12.2. The highest BCUT2D eigenvalue weighted by atomic mass is 16.7.